The van der Waals surface area contributed by atoms with Gasteiger partial charge in [0.1, 0.15) is 48.8 Å². The second kappa shape index (κ2) is 53.7. The molecule has 0 aromatic rings. The number of carbonyl (C=O) groups is 1. The van der Waals surface area contributed by atoms with Crippen molar-refractivity contribution < 1.29 is 64.6 Å². The summed E-state index contributed by atoms with van der Waals surface area (Å²) < 4.78 is 22.9. The molecule has 1 amide bonds. The lowest BCUT2D eigenvalue weighted by molar-refractivity contribution is -0.359. The highest BCUT2D eigenvalue weighted by Crippen LogP contribution is 2.30. The van der Waals surface area contributed by atoms with E-state index in [1.807, 2.05) is 0 Å². The van der Waals surface area contributed by atoms with E-state index >= 15 is 0 Å². The smallest absolute Gasteiger partial charge is 0.220 e. The van der Waals surface area contributed by atoms with Crippen molar-refractivity contribution in [3.63, 3.8) is 0 Å². The molecule has 0 bridgehead atoms. The van der Waals surface area contributed by atoms with Crippen LogP contribution in [0.3, 0.4) is 0 Å². The molecular formula is C68H129NO13. The minimum absolute atomic E-state index is 0.210. The fourth-order valence-corrected chi connectivity index (χ4v) is 11.6. The van der Waals surface area contributed by atoms with Gasteiger partial charge in [-0.25, -0.2) is 0 Å². The molecule has 2 rings (SSSR count). The highest BCUT2D eigenvalue weighted by atomic mass is 16.7. The summed E-state index contributed by atoms with van der Waals surface area (Å²) in [7, 11) is 0. The predicted molar refractivity (Wildman–Crippen MR) is 332 cm³/mol. The van der Waals surface area contributed by atoms with Crippen LogP contribution in [-0.2, 0) is 23.7 Å². The van der Waals surface area contributed by atoms with Crippen molar-refractivity contribution in [1.29, 1.82) is 0 Å². The van der Waals surface area contributed by atoms with Crippen molar-refractivity contribution in [3.8, 4) is 0 Å². The summed E-state index contributed by atoms with van der Waals surface area (Å²) in [6.45, 7) is 2.88. The molecule has 0 saturated carbocycles. The lowest BCUT2D eigenvalue weighted by Crippen LogP contribution is -2.65. The number of unbranched alkanes of at least 4 members (excludes halogenated alkanes) is 40. The number of nitrogens with one attached hydrogen (secondary N) is 1. The standard InChI is InChI=1S/C68H129NO13/c1-3-5-7-9-11-13-15-17-19-21-23-24-25-26-27-28-29-30-31-32-33-34-35-37-39-41-43-45-47-49-51-57(72)56(69-60(73)52-50-48-46-44-42-40-38-36-22-20-18-16-14-12-10-8-6-4-2)55-79-67-65(78)63(76)66(59(54-71)81-67)82-68-64(77)62(75)61(74)58(53-70)80-68/h14,16,20,22,56-59,61-68,70-72,74-78H,3-13,15,17-19,21,23-55H2,1-2H3,(H,69,73)/b16-14-,22-20-. The first-order valence-corrected chi connectivity index (χ1v) is 34.6. The summed E-state index contributed by atoms with van der Waals surface area (Å²) in [5.41, 5.74) is 0. The van der Waals surface area contributed by atoms with Crippen LogP contribution in [0, 0.1) is 0 Å². The van der Waals surface area contributed by atoms with E-state index in [4.69, 9.17) is 18.9 Å². The zero-order chi connectivity index (χ0) is 59.5. The van der Waals surface area contributed by atoms with Gasteiger partial charge >= 0.3 is 0 Å². The molecule has 0 aromatic carbocycles. The van der Waals surface area contributed by atoms with Gasteiger partial charge in [-0.1, -0.05) is 282 Å². The van der Waals surface area contributed by atoms with Crippen LogP contribution in [0.2, 0.25) is 0 Å². The van der Waals surface area contributed by atoms with Crippen LogP contribution >= 0.6 is 0 Å². The number of hydrogen-bond donors (Lipinski definition) is 9. The summed E-state index contributed by atoms with van der Waals surface area (Å²) in [6.07, 6.45) is 49.1. The highest BCUT2D eigenvalue weighted by molar-refractivity contribution is 5.76. The minimum Gasteiger partial charge on any atom is -0.394 e. The number of rotatable bonds is 57. The fourth-order valence-electron chi connectivity index (χ4n) is 11.6. The van der Waals surface area contributed by atoms with Crippen LogP contribution in [0.4, 0.5) is 0 Å². The predicted octanol–water partition coefficient (Wildman–Crippen LogP) is 13.6. The maximum Gasteiger partial charge on any atom is 0.220 e. The zero-order valence-electron chi connectivity index (χ0n) is 52.5. The monoisotopic (exact) mass is 1170 g/mol. The molecule has 14 nitrogen and oxygen atoms in total. The molecule has 2 aliphatic heterocycles. The Morgan fingerprint density at radius 2 is 0.805 bits per heavy atom. The Bertz CT molecular complexity index is 1470. The van der Waals surface area contributed by atoms with E-state index in [1.54, 1.807) is 0 Å². The Kier molecular flexibility index (Phi) is 50.1. The van der Waals surface area contributed by atoms with E-state index in [2.05, 4.69) is 43.5 Å². The van der Waals surface area contributed by atoms with Crippen LogP contribution in [0.1, 0.15) is 309 Å². The molecule has 0 aromatic heterocycles. The molecule has 2 saturated heterocycles. The maximum atomic E-state index is 13.3. The van der Waals surface area contributed by atoms with Gasteiger partial charge in [-0.15, -0.1) is 0 Å². The van der Waals surface area contributed by atoms with Gasteiger partial charge < -0.3 is 65.1 Å². The third kappa shape index (κ3) is 37.9. The van der Waals surface area contributed by atoms with Crippen molar-refractivity contribution in [2.45, 2.75) is 383 Å². The molecule has 0 aliphatic carbocycles. The Morgan fingerprint density at radius 3 is 1.23 bits per heavy atom. The fraction of sp³-hybridized carbons (Fsp3) is 0.926. The quantitative estimate of drug-likeness (QED) is 0.0204. The first-order valence-electron chi connectivity index (χ1n) is 34.6. The van der Waals surface area contributed by atoms with Crippen LogP contribution in [0.5, 0.6) is 0 Å². The van der Waals surface area contributed by atoms with Crippen molar-refractivity contribution in [3.05, 3.63) is 24.3 Å². The normalized spacial score (nSPS) is 24.0. The van der Waals surface area contributed by atoms with E-state index in [-0.39, 0.29) is 12.5 Å². The zero-order valence-corrected chi connectivity index (χ0v) is 52.5. The number of ether oxygens (including phenoxy) is 4. The van der Waals surface area contributed by atoms with Gasteiger partial charge in [0.05, 0.1) is 32.0 Å². The molecule has 0 radical (unpaired) electrons. The van der Waals surface area contributed by atoms with Gasteiger partial charge in [0.25, 0.3) is 0 Å². The van der Waals surface area contributed by atoms with Gasteiger partial charge in [0.2, 0.25) is 5.91 Å². The lowest BCUT2D eigenvalue weighted by atomic mass is 9.97. The second-order valence-electron chi connectivity index (χ2n) is 24.7. The number of hydrogen-bond acceptors (Lipinski definition) is 13. The molecule has 2 aliphatic rings. The van der Waals surface area contributed by atoms with Crippen LogP contribution in [-0.4, -0.2) is 140 Å². The van der Waals surface area contributed by atoms with E-state index < -0.39 is 86.8 Å². The summed E-state index contributed by atoms with van der Waals surface area (Å²) >= 11 is 0. The molecular weight excluding hydrogens is 1040 g/mol. The Hall–Kier alpha value is -1.53. The van der Waals surface area contributed by atoms with Gasteiger partial charge in [-0.3, -0.25) is 4.79 Å². The molecule has 2 heterocycles. The highest BCUT2D eigenvalue weighted by Gasteiger charge is 2.51. The number of carbonyl (C=O) groups excluding carboxylic acids is 1. The topological polar surface area (TPSA) is 228 Å². The molecule has 2 fully saturated rings. The van der Waals surface area contributed by atoms with Crippen molar-refractivity contribution in [2.75, 3.05) is 19.8 Å². The molecule has 12 atom stereocenters. The number of aliphatic hydroxyl groups excluding tert-OH is 8. The van der Waals surface area contributed by atoms with Crippen LogP contribution in [0.25, 0.3) is 0 Å². The lowest BCUT2D eigenvalue weighted by Gasteiger charge is -2.46. The third-order valence-electron chi connectivity index (χ3n) is 17.2. The molecule has 82 heavy (non-hydrogen) atoms. The number of aliphatic hydroxyl groups is 8. The number of allylic oxidation sites excluding steroid dienone is 4. The summed E-state index contributed by atoms with van der Waals surface area (Å²) in [5.74, 6) is -0.210. The first-order chi connectivity index (χ1) is 40.1. The van der Waals surface area contributed by atoms with E-state index in [0.717, 1.165) is 57.8 Å². The van der Waals surface area contributed by atoms with E-state index in [9.17, 15) is 45.6 Å². The molecule has 12 unspecified atom stereocenters. The average molecular weight is 1170 g/mol. The number of amides is 1. The molecule has 0 spiro atoms. The van der Waals surface area contributed by atoms with E-state index in [1.165, 1.54) is 218 Å². The summed E-state index contributed by atoms with van der Waals surface area (Å²) in [4.78, 5) is 13.3. The largest absolute Gasteiger partial charge is 0.394 e. The molecule has 14 heteroatoms. The summed E-state index contributed by atoms with van der Waals surface area (Å²) in [6, 6.07) is -0.833. The SMILES string of the molecule is CCCCCC/C=C\C/C=C\CCCCCCCCCC(=O)NC(COC1OC(CO)C(OC2OC(CO)C(O)C(O)C2O)C(O)C1O)C(O)CCCCCCCCCCCCCCCCCCCCCCCCCCCCCCCC. The molecule has 9 N–H and O–H groups in total. The molecule has 484 valence electrons. The van der Waals surface area contributed by atoms with Gasteiger partial charge in [-0.2, -0.15) is 0 Å². The van der Waals surface area contributed by atoms with Crippen molar-refractivity contribution in [1.82, 2.24) is 5.32 Å². The van der Waals surface area contributed by atoms with E-state index in [0.29, 0.717) is 19.3 Å². The van der Waals surface area contributed by atoms with Gasteiger partial charge in [0, 0.05) is 6.42 Å². The Balaban J connectivity index is 1.66. The van der Waals surface area contributed by atoms with Gasteiger partial charge in [-0.05, 0) is 44.9 Å². The Labute approximate surface area is 500 Å². The second-order valence-corrected chi connectivity index (χ2v) is 24.7. The van der Waals surface area contributed by atoms with Crippen molar-refractivity contribution in [2.24, 2.45) is 0 Å². The van der Waals surface area contributed by atoms with Crippen molar-refractivity contribution >= 4 is 5.91 Å². The van der Waals surface area contributed by atoms with Crippen LogP contribution in [0.15, 0.2) is 24.3 Å². The third-order valence-corrected chi connectivity index (χ3v) is 17.2. The average Bonchev–Trinajstić information content (AvgIpc) is 3.53. The summed E-state index contributed by atoms with van der Waals surface area (Å²) in [5, 5.41) is 87.5. The minimum atomic E-state index is -1.78. The maximum absolute atomic E-state index is 13.3. The Morgan fingerprint density at radius 1 is 0.439 bits per heavy atom. The van der Waals surface area contributed by atoms with Gasteiger partial charge in [0.15, 0.2) is 12.6 Å². The van der Waals surface area contributed by atoms with Crippen LogP contribution < -0.4 is 5.32 Å². The first kappa shape index (κ1) is 76.6.